The molecule has 0 bridgehead atoms. The molecule has 150 valence electrons. The highest BCUT2D eigenvalue weighted by atomic mass is 35.5. The number of rotatable bonds is 2. The molecule has 1 N–H and O–H groups in total. The fourth-order valence-corrected chi connectivity index (χ4v) is 3.14. The van der Waals surface area contributed by atoms with Gasteiger partial charge in [0.15, 0.2) is 11.5 Å². The third kappa shape index (κ3) is 4.22. The maximum atomic E-state index is 12.3. The first kappa shape index (κ1) is 20.0. The summed E-state index contributed by atoms with van der Waals surface area (Å²) in [7, 11) is 0. The van der Waals surface area contributed by atoms with Crippen LogP contribution in [-0.2, 0) is 11.3 Å². The molecule has 3 rings (SSSR count). The third-order valence-electron chi connectivity index (χ3n) is 4.22. The Morgan fingerprint density at radius 2 is 1.93 bits per heavy atom. The Balaban J connectivity index is 1.87. The molecule has 0 aromatic carbocycles. The van der Waals surface area contributed by atoms with Crippen molar-refractivity contribution in [3.63, 3.8) is 0 Å². The van der Waals surface area contributed by atoms with Gasteiger partial charge in [-0.05, 0) is 39.3 Å². The lowest BCUT2D eigenvalue weighted by molar-refractivity contribution is 0.0240. The van der Waals surface area contributed by atoms with Crippen molar-refractivity contribution in [3.05, 3.63) is 15.8 Å². The second kappa shape index (κ2) is 7.72. The van der Waals surface area contributed by atoms with Crippen molar-refractivity contribution in [3.8, 4) is 11.8 Å². The third-order valence-corrected chi connectivity index (χ3v) is 4.39. The molecular formula is C18H23ClN6O3. The van der Waals surface area contributed by atoms with Crippen LogP contribution in [0.5, 0.6) is 0 Å². The Bertz CT molecular complexity index is 1000. The predicted molar refractivity (Wildman–Crippen MR) is 107 cm³/mol. The van der Waals surface area contributed by atoms with Crippen molar-refractivity contribution in [2.45, 2.75) is 39.8 Å². The van der Waals surface area contributed by atoms with Crippen molar-refractivity contribution in [2.24, 2.45) is 0 Å². The van der Waals surface area contributed by atoms with Gasteiger partial charge in [0.05, 0.1) is 6.54 Å². The molecule has 1 amide bonds. The fraction of sp³-hybridized carbons (Fsp3) is 0.556. The van der Waals surface area contributed by atoms with Crippen LogP contribution < -0.4 is 10.6 Å². The maximum absolute atomic E-state index is 12.3. The van der Waals surface area contributed by atoms with E-state index in [-0.39, 0.29) is 23.6 Å². The summed E-state index contributed by atoms with van der Waals surface area (Å²) in [6.07, 6.45) is -0.338. The minimum absolute atomic E-state index is 0.0482. The highest BCUT2D eigenvalue weighted by molar-refractivity contribution is 6.28. The van der Waals surface area contributed by atoms with E-state index in [0.717, 1.165) is 0 Å². The van der Waals surface area contributed by atoms with Crippen LogP contribution in [0.3, 0.4) is 0 Å². The maximum Gasteiger partial charge on any atom is 0.410 e. The summed E-state index contributed by atoms with van der Waals surface area (Å²) in [4.78, 5) is 39.4. The molecule has 10 heteroatoms. The van der Waals surface area contributed by atoms with Crippen molar-refractivity contribution in [1.29, 1.82) is 0 Å². The second-order valence-electron chi connectivity index (χ2n) is 7.41. The molecule has 0 radical (unpaired) electrons. The van der Waals surface area contributed by atoms with E-state index in [4.69, 9.17) is 16.3 Å². The molecule has 0 unspecified atom stereocenters. The average molecular weight is 407 g/mol. The highest BCUT2D eigenvalue weighted by Gasteiger charge is 2.28. The Kier molecular flexibility index (Phi) is 5.52. The molecule has 1 aliphatic heterocycles. The van der Waals surface area contributed by atoms with Gasteiger partial charge < -0.3 is 14.5 Å². The first-order valence-electron chi connectivity index (χ1n) is 8.98. The van der Waals surface area contributed by atoms with Crippen LogP contribution in [0.2, 0.25) is 5.28 Å². The van der Waals surface area contributed by atoms with Crippen LogP contribution in [0.15, 0.2) is 4.79 Å². The molecular weight excluding hydrogens is 384 g/mol. The minimum Gasteiger partial charge on any atom is -0.444 e. The van der Waals surface area contributed by atoms with E-state index in [1.807, 2.05) is 25.7 Å². The van der Waals surface area contributed by atoms with E-state index in [2.05, 4.69) is 26.8 Å². The van der Waals surface area contributed by atoms with Gasteiger partial charge in [-0.1, -0.05) is 5.92 Å². The number of carbonyl (C=O) groups is 1. The quantitative estimate of drug-likeness (QED) is 0.604. The summed E-state index contributed by atoms with van der Waals surface area (Å²) in [5.41, 5.74) is 0.0699. The summed E-state index contributed by atoms with van der Waals surface area (Å²) in [5.74, 6) is 6.22. The molecule has 1 fully saturated rings. The monoisotopic (exact) mass is 406 g/mol. The zero-order chi connectivity index (χ0) is 20.5. The van der Waals surface area contributed by atoms with Gasteiger partial charge in [0.2, 0.25) is 5.28 Å². The molecule has 0 atom stereocenters. The van der Waals surface area contributed by atoms with Crippen molar-refractivity contribution < 1.29 is 9.53 Å². The molecule has 2 aromatic heterocycles. The number of halogens is 1. The molecule has 9 nitrogen and oxygen atoms in total. The van der Waals surface area contributed by atoms with Gasteiger partial charge in [0.1, 0.15) is 11.1 Å². The number of carbonyl (C=O) groups excluding carboxylic acids is 1. The number of anilines is 1. The van der Waals surface area contributed by atoms with Crippen LogP contribution in [0, 0.1) is 11.8 Å². The number of nitrogens with one attached hydrogen (secondary N) is 1. The summed E-state index contributed by atoms with van der Waals surface area (Å²) in [5, 5.41) is 0.0482. The number of aromatic nitrogens is 4. The average Bonchev–Trinajstić information content (AvgIpc) is 2.92. The van der Waals surface area contributed by atoms with Gasteiger partial charge in [-0.25, -0.2) is 9.59 Å². The van der Waals surface area contributed by atoms with E-state index >= 15 is 0 Å². The fourth-order valence-electron chi connectivity index (χ4n) is 2.98. The number of amides is 1. The number of hydrogen-bond donors (Lipinski definition) is 1. The Morgan fingerprint density at radius 3 is 2.54 bits per heavy atom. The standard InChI is InChI=1S/C18H23ClN6O3/c1-5-6-7-25-12-13(21-16(25)26)20-15(19)22-14(12)23-8-10-24(11-9-23)17(27)28-18(2,3)4/h7-11H2,1-4H3,(H,20,21,22,26). The van der Waals surface area contributed by atoms with E-state index in [0.29, 0.717) is 43.2 Å². The Labute approximate surface area is 167 Å². The zero-order valence-corrected chi connectivity index (χ0v) is 17.1. The lowest BCUT2D eigenvalue weighted by Crippen LogP contribution is -2.50. The van der Waals surface area contributed by atoms with Crippen molar-refractivity contribution in [2.75, 3.05) is 31.1 Å². The summed E-state index contributed by atoms with van der Waals surface area (Å²) >= 11 is 6.07. The second-order valence-corrected chi connectivity index (χ2v) is 7.75. The SMILES string of the molecule is CC#CCn1c(=O)[nH]c2nc(Cl)nc(N3CCN(C(=O)OC(C)(C)C)CC3)c21. The highest BCUT2D eigenvalue weighted by Crippen LogP contribution is 2.25. The number of nitrogens with zero attached hydrogens (tertiary/aromatic N) is 5. The van der Waals surface area contributed by atoms with Crippen molar-refractivity contribution in [1.82, 2.24) is 24.4 Å². The topological polar surface area (TPSA) is 96.4 Å². The number of H-pyrrole nitrogens is 1. The Morgan fingerprint density at radius 1 is 1.25 bits per heavy atom. The summed E-state index contributed by atoms with van der Waals surface area (Å²) in [6.45, 7) is 9.46. The van der Waals surface area contributed by atoms with Gasteiger partial charge >= 0.3 is 11.8 Å². The lowest BCUT2D eigenvalue weighted by atomic mass is 10.2. The first-order chi connectivity index (χ1) is 13.2. The first-order valence-corrected chi connectivity index (χ1v) is 9.36. The normalized spacial score (nSPS) is 14.8. The van der Waals surface area contributed by atoms with Crippen molar-refractivity contribution >= 4 is 34.7 Å². The lowest BCUT2D eigenvalue weighted by Gasteiger charge is -2.36. The minimum atomic E-state index is -0.540. The van der Waals surface area contributed by atoms with Gasteiger partial charge in [-0.2, -0.15) is 9.97 Å². The molecule has 2 aromatic rings. The van der Waals surface area contributed by atoms with Crippen LogP contribution in [0.4, 0.5) is 10.6 Å². The Hall–Kier alpha value is -2.73. The van der Waals surface area contributed by atoms with E-state index in [1.54, 1.807) is 11.8 Å². The molecule has 0 aliphatic carbocycles. The summed E-state index contributed by atoms with van der Waals surface area (Å²) < 4.78 is 6.93. The molecule has 28 heavy (non-hydrogen) atoms. The number of fused-ring (bicyclic) bond motifs is 1. The summed E-state index contributed by atoms with van der Waals surface area (Å²) in [6, 6.07) is 0. The predicted octanol–water partition coefficient (Wildman–Crippen LogP) is 1.85. The van der Waals surface area contributed by atoms with E-state index < -0.39 is 5.60 Å². The zero-order valence-electron chi connectivity index (χ0n) is 16.4. The molecule has 0 saturated carbocycles. The number of imidazole rings is 1. The van der Waals surface area contributed by atoms with Gasteiger partial charge in [-0.3, -0.25) is 9.55 Å². The molecule has 1 aliphatic rings. The molecule has 3 heterocycles. The molecule has 0 spiro atoms. The number of aromatic amines is 1. The molecule has 1 saturated heterocycles. The van der Waals surface area contributed by atoms with Crippen LogP contribution >= 0.6 is 11.6 Å². The van der Waals surface area contributed by atoms with E-state index in [9.17, 15) is 9.59 Å². The smallest absolute Gasteiger partial charge is 0.410 e. The van der Waals surface area contributed by atoms with Gasteiger partial charge in [0.25, 0.3) is 0 Å². The van der Waals surface area contributed by atoms with Crippen LogP contribution in [-0.4, -0.2) is 62.3 Å². The van der Waals surface area contributed by atoms with Gasteiger partial charge in [-0.15, -0.1) is 5.92 Å². The number of hydrogen-bond acceptors (Lipinski definition) is 6. The van der Waals surface area contributed by atoms with Crippen LogP contribution in [0.25, 0.3) is 11.2 Å². The van der Waals surface area contributed by atoms with E-state index in [1.165, 1.54) is 4.57 Å². The number of piperazine rings is 1. The largest absolute Gasteiger partial charge is 0.444 e. The number of ether oxygens (including phenoxy) is 1. The van der Waals surface area contributed by atoms with Crippen LogP contribution in [0.1, 0.15) is 27.7 Å². The van der Waals surface area contributed by atoms with Gasteiger partial charge in [0, 0.05) is 26.2 Å².